The summed E-state index contributed by atoms with van der Waals surface area (Å²) in [6, 6.07) is -0.290. The summed E-state index contributed by atoms with van der Waals surface area (Å²) in [5, 5.41) is 2.75. The average molecular weight is 211 g/mol. The smallest absolute Gasteiger partial charge is 0.273 e. The van der Waals surface area contributed by atoms with E-state index in [1.54, 1.807) is 6.92 Å². The summed E-state index contributed by atoms with van der Waals surface area (Å²) in [5.74, 6) is 0.176. The van der Waals surface area contributed by atoms with Crippen molar-refractivity contribution in [3.8, 4) is 0 Å². The van der Waals surface area contributed by atoms with Gasteiger partial charge in [0.05, 0.1) is 6.04 Å². The van der Waals surface area contributed by atoms with Gasteiger partial charge in [0.25, 0.3) is 5.91 Å². The third-order valence-electron chi connectivity index (χ3n) is 1.96. The van der Waals surface area contributed by atoms with Gasteiger partial charge < -0.3 is 15.5 Å². The van der Waals surface area contributed by atoms with Crippen molar-refractivity contribution in [2.24, 2.45) is 5.73 Å². The number of carbonyl (C=O) groups excluding carboxylic acids is 1. The van der Waals surface area contributed by atoms with E-state index in [-0.39, 0.29) is 11.9 Å². The number of hydrogen-bond donors (Lipinski definition) is 2. The Hall–Kier alpha value is -1.36. The molecule has 15 heavy (non-hydrogen) atoms. The number of carbonyl (C=O) groups is 1. The largest absolute Gasteiger partial charge is 0.446 e. The molecule has 0 saturated heterocycles. The minimum absolute atomic E-state index is 0.209. The second kappa shape index (κ2) is 5.50. The summed E-state index contributed by atoms with van der Waals surface area (Å²) >= 11 is 0. The SMILES string of the molecule is CCCCNC(=O)c1coc(C(C)N)n1. The molecule has 3 N–H and O–H groups in total. The zero-order valence-corrected chi connectivity index (χ0v) is 9.12. The van der Waals surface area contributed by atoms with Crippen LogP contribution in [-0.2, 0) is 0 Å². The molecule has 1 rings (SSSR count). The van der Waals surface area contributed by atoms with Gasteiger partial charge in [0.15, 0.2) is 5.69 Å². The number of unbranched alkanes of at least 4 members (excludes halogenated alkanes) is 1. The van der Waals surface area contributed by atoms with Crippen molar-refractivity contribution in [2.45, 2.75) is 32.7 Å². The van der Waals surface area contributed by atoms with Crippen molar-refractivity contribution >= 4 is 5.91 Å². The Kier molecular flexibility index (Phi) is 4.30. The summed E-state index contributed by atoms with van der Waals surface area (Å²) in [4.78, 5) is 15.5. The lowest BCUT2D eigenvalue weighted by atomic mass is 10.3. The second-order valence-corrected chi connectivity index (χ2v) is 3.47. The standard InChI is InChI=1S/C10H17N3O2/c1-3-4-5-12-9(14)8-6-15-10(13-8)7(2)11/h6-7H,3-5,11H2,1-2H3,(H,12,14). The molecule has 0 saturated carbocycles. The van der Waals surface area contributed by atoms with Crippen molar-refractivity contribution in [3.63, 3.8) is 0 Å². The fourth-order valence-corrected chi connectivity index (χ4v) is 1.07. The van der Waals surface area contributed by atoms with Crippen LogP contribution >= 0.6 is 0 Å². The normalized spacial score (nSPS) is 12.5. The maximum Gasteiger partial charge on any atom is 0.273 e. The third kappa shape index (κ3) is 3.36. The molecule has 1 unspecified atom stereocenters. The van der Waals surface area contributed by atoms with Crippen LogP contribution in [0, 0.1) is 0 Å². The number of hydrogen-bond acceptors (Lipinski definition) is 4. The van der Waals surface area contributed by atoms with Crippen molar-refractivity contribution in [3.05, 3.63) is 17.8 Å². The lowest BCUT2D eigenvalue weighted by Crippen LogP contribution is -2.24. The summed E-state index contributed by atoms with van der Waals surface area (Å²) in [5.41, 5.74) is 5.85. The predicted molar refractivity (Wildman–Crippen MR) is 56.3 cm³/mol. The molecule has 0 aliphatic heterocycles. The summed E-state index contributed by atoms with van der Waals surface area (Å²) in [6.07, 6.45) is 3.34. The Morgan fingerprint density at radius 1 is 1.73 bits per heavy atom. The van der Waals surface area contributed by atoms with Crippen LogP contribution < -0.4 is 11.1 Å². The van der Waals surface area contributed by atoms with Crippen molar-refractivity contribution in [1.82, 2.24) is 10.3 Å². The van der Waals surface area contributed by atoms with Gasteiger partial charge in [0, 0.05) is 6.54 Å². The highest BCUT2D eigenvalue weighted by atomic mass is 16.3. The first-order chi connectivity index (χ1) is 7.15. The van der Waals surface area contributed by atoms with Crippen LogP contribution in [0.25, 0.3) is 0 Å². The first-order valence-corrected chi connectivity index (χ1v) is 5.14. The topological polar surface area (TPSA) is 81.2 Å². The number of oxazole rings is 1. The Balaban J connectivity index is 2.51. The molecule has 5 nitrogen and oxygen atoms in total. The number of amides is 1. The van der Waals surface area contributed by atoms with Crippen molar-refractivity contribution in [1.29, 1.82) is 0 Å². The highest BCUT2D eigenvalue weighted by molar-refractivity contribution is 5.91. The number of aromatic nitrogens is 1. The molecule has 0 aliphatic carbocycles. The molecule has 1 heterocycles. The van der Waals surface area contributed by atoms with Crippen molar-refractivity contribution in [2.75, 3.05) is 6.54 Å². The van der Waals surface area contributed by atoms with Crippen LogP contribution in [0.3, 0.4) is 0 Å². The van der Waals surface area contributed by atoms with Gasteiger partial charge in [-0.1, -0.05) is 13.3 Å². The van der Waals surface area contributed by atoms with E-state index >= 15 is 0 Å². The van der Waals surface area contributed by atoms with Crippen LogP contribution in [0.2, 0.25) is 0 Å². The predicted octanol–water partition coefficient (Wildman–Crippen LogP) is 1.22. The Bertz CT molecular complexity index is 320. The Labute approximate surface area is 89.1 Å². The molecule has 0 spiro atoms. The number of nitrogens with two attached hydrogens (primary N) is 1. The molecule has 5 heteroatoms. The van der Waals surface area contributed by atoms with E-state index in [1.165, 1.54) is 6.26 Å². The van der Waals surface area contributed by atoms with E-state index in [1.807, 2.05) is 0 Å². The Morgan fingerprint density at radius 2 is 2.47 bits per heavy atom. The molecule has 1 amide bonds. The summed E-state index contributed by atoms with van der Waals surface area (Å²) < 4.78 is 5.06. The number of nitrogens with zero attached hydrogens (tertiary/aromatic N) is 1. The van der Waals surface area contributed by atoms with Gasteiger partial charge in [-0.15, -0.1) is 0 Å². The zero-order chi connectivity index (χ0) is 11.3. The molecule has 0 fully saturated rings. The lowest BCUT2D eigenvalue weighted by molar-refractivity contribution is 0.0948. The zero-order valence-electron chi connectivity index (χ0n) is 9.12. The van der Waals surface area contributed by atoms with Gasteiger partial charge in [-0.3, -0.25) is 4.79 Å². The maximum absolute atomic E-state index is 11.5. The molecule has 1 aromatic rings. The highest BCUT2D eigenvalue weighted by Gasteiger charge is 2.13. The van der Waals surface area contributed by atoms with Gasteiger partial charge in [-0.05, 0) is 13.3 Å². The second-order valence-electron chi connectivity index (χ2n) is 3.47. The van der Waals surface area contributed by atoms with E-state index in [0.29, 0.717) is 18.1 Å². The van der Waals surface area contributed by atoms with E-state index in [4.69, 9.17) is 10.2 Å². The van der Waals surface area contributed by atoms with Crippen LogP contribution in [0.15, 0.2) is 10.7 Å². The summed E-state index contributed by atoms with van der Waals surface area (Å²) in [7, 11) is 0. The first kappa shape index (κ1) is 11.7. The first-order valence-electron chi connectivity index (χ1n) is 5.14. The van der Waals surface area contributed by atoms with Crippen LogP contribution in [0.5, 0.6) is 0 Å². The highest BCUT2D eigenvalue weighted by Crippen LogP contribution is 2.08. The molecule has 0 radical (unpaired) electrons. The molecular weight excluding hydrogens is 194 g/mol. The number of nitrogens with one attached hydrogen (secondary N) is 1. The maximum atomic E-state index is 11.5. The molecule has 0 aliphatic rings. The Morgan fingerprint density at radius 3 is 3.00 bits per heavy atom. The average Bonchev–Trinajstić information content (AvgIpc) is 2.66. The van der Waals surface area contributed by atoms with E-state index < -0.39 is 0 Å². The quantitative estimate of drug-likeness (QED) is 0.717. The van der Waals surface area contributed by atoms with Gasteiger partial charge in [0.1, 0.15) is 6.26 Å². The van der Waals surface area contributed by atoms with Gasteiger partial charge in [0.2, 0.25) is 5.89 Å². The summed E-state index contributed by atoms with van der Waals surface area (Å²) in [6.45, 7) is 4.48. The van der Waals surface area contributed by atoms with Gasteiger partial charge in [-0.25, -0.2) is 4.98 Å². The minimum Gasteiger partial charge on any atom is -0.446 e. The molecular formula is C10H17N3O2. The van der Waals surface area contributed by atoms with Crippen LogP contribution in [0.1, 0.15) is 49.1 Å². The van der Waals surface area contributed by atoms with E-state index in [9.17, 15) is 4.79 Å². The third-order valence-corrected chi connectivity index (χ3v) is 1.96. The number of rotatable bonds is 5. The van der Waals surface area contributed by atoms with E-state index in [0.717, 1.165) is 12.8 Å². The van der Waals surface area contributed by atoms with Gasteiger partial charge in [-0.2, -0.15) is 0 Å². The minimum atomic E-state index is -0.290. The lowest BCUT2D eigenvalue weighted by Gasteiger charge is -2.00. The molecule has 1 atom stereocenters. The molecule has 1 aromatic heterocycles. The fraction of sp³-hybridized carbons (Fsp3) is 0.600. The molecule has 0 aromatic carbocycles. The molecule has 0 bridgehead atoms. The van der Waals surface area contributed by atoms with Gasteiger partial charge >= 0.3 is 0 Å². The monoisotopic (exact) mass is 211 g/mol. The molecule has 84 valence electrons. The van der Waals surface area contributed by atoms with E-state index in [2.05, 4.69) is 17.2 Å². The van der Waals surface area contributed by atoms with Crippen LogP contribution in [0.4, 0.5) is 0 Å². The fourth-order valence-electron chi connectivity index (χ4n) is 1.07. The van der Waals surface area contributed by atoms with Crippen LogP contribution in [-0.4, -0.2) is 17.4 Å². The van der Waals surface area contributed by atoms with Crippen molar-refractivity contribution < 1.29 is 9.21 Å².